The Balaban J connectivity index is 2.80. The van der Waals surface area contributed by atoms with Crippen LogP contribution in [0.1, 0.15) is 11.7 Å². The zero-order valence-electron chi connectivity index (χ0n) is 6.31. The standard InChI is InChI=1S/C9H8FNO/c10-9(8(12)6-11)7-4-2-1-3-5-7/h1-5,8-9,12H/t8-,9-/m1/s1. The molecule has 0 radical (unpaired) electrons. The average Bonchev–Trinajstić information content (AvgIpc) is 2.17. The van der Waals surface area contributed by atoms with Gasteiger partial charge in [-0.2, -0.15) is 5.26 Å². The van der Waals surface area contributed by atoms with Gasteiger partial charge in [-0.3, -0.25) is 0 Å². The van der Waals surface area contributed by atoms with Crippen molar-refractivity contribution in [3.8, 4) is 6.07 Å². The van der Waals surface area contributed by atoms with Gasteiger partial charge < -0.3 is 5.11 Å². The zero-order chi connectivity index (χ0) is 8.97. The van der Waals surface area contributed by atoms with Crippen LogP contribution in [0, 0.1) is 11.3 Å². The first-order chi connectivity index (χ1) is 5.75. The maximum absolute atomic E-state index is 13.1. The second kappa shape index (κ2) is 3.84. The Morgan fingerprint density at radius 3 is 2.42 bits per heavy atom. The summed E-state index contributed by atoms with van der Waals surface area (Å²) < 4.78 is 13.1. The SMILES string of the molecule is N#C[C@@H](O)[C@H](F)c1ccccc1. The summed E-state index contributed by atoms with van der Waals surface area (Å²) in [5.74, 6) is 0. The molecule has 0 aliphatic rings. The van der Waals surface area contributed by atoms with Crippen LogP contribution < -0.4 is 0 Å². The number of nitriles is 1. The molecule has 2 nitrogen and oxygen atoms in total. The molecule has 1 N–H and O–H groups in total. The van der Waals surface area contributed by atoms with Gasteiger partial charge in [-0.05, 0) is 5.56 Å². The van der Waals surface area contributed by atoms with E-state index in [2.05, 4.69) is 0 Å². The van der Waals surface area contributed by atoms with Gasteiger partial charge >= 0.3 is 0 Å². The van der Waals surface area contributed by atoms with E-state index in [-0.39, 0.29) is 0 Å². The second-order valence-electron chi connectivity index (χ2n) is 2.39. The Bertz CT molecular complexity index is 280. The van der Waals surface area contributed by atoms with E-state index in [4.69, 9.17) is 10.4 Å². The van der Waals surface area contributed by atoms with Crippen molar-refractivity contribution in [2.45, 2.75) is 12.3 Å². The normalized spacial score (nSPS) is 14.8. The van der Waals surface area contributed by atoms with E-state index < -0.39 is 12.3 Å². The monoisotopic (exact) mass is 165 g/mol. The van der Waals surface area contributed by atoms with E-state index in [0.717, 1.165) is 0 Å². The third-order valence-corrected chi connectivity index (χ3v) is 1.53. The highest BCUT2D eigenvalue weighted by molar-refractivity contribution is 5.20. The van der Waals surface area contributed by atoms with Crippen molar-refractivity contribution in [1.29, 1.82) is 5.26 Å². The van der Waals surface area contributed by atoms with Crippen molar-refractivity contribution >= 4 is 0 Å². The smallest absolute Gasteiger partial charge is 0.175 e. The summed E-state index contributed by atoms with van der Waals surface area (Å²) in [5.41, 5.74) is 0.326. The van der Waals surface area contributed by atoms with E-state index in [0.29, 0.717) is 5.56 Å². The molecule has 0 unspecified atom stereocenters. The molecule has 0 saturated carbocycles. The molecule has 0 spiro atoms. The molecule has 2 atom stereocenters. The van der Waals surface area contributed by atoms with Crippen LogP contribution in [0.3, 0.4) is 0 Å². The van der Waals surface area contributed by atoms with Crippen molar-refractivity contribution < 1.29 is 9.50 Å². The molecule has 0 aromatic heterocycles. The maximum Gasteiger partial charge on any atom is 0.175 e. The molecule has 0 bridgehead atoms. The molecule has 1 aromatic rings. The highest BCUT2D eigenvalue weighted by atomic mass is 19.1. The van der Waals surface area contributed by atoms with Gasteiger partial charge in [0.2, 0.25) is 0 Å². The summed E-state index contributed by atoms with van der Waals surface area (Å²) in [6, 6.07) is 9.57. The summed E-state index contributed by atoms with van der Waals surface area (Å²) in [7, 11) is 0. The number of hydrogen-bond acceptors (Lipinski definition) is 2. The van der Waals surface area contributed by atoms with Crippen molar-refractivity contribution in [2.75, 3.05) is 0 Å². The number of aliphatic hydroxyl groups is 1. The highest BCUT2D eigenvalue weighted by Gasteiger charge is 2.18. The van der Waals surface area contributed by atoms with Gasteiger partial charge in [0.15, 0.2) is 12.3 Å². The van der Waals surface area contributed by atoms with Crippen LogP contribution >= 0.6 is 0 Å². The lowest BCUT2D eigenvalue weighted by Crippen LogP contribution is -2.11. The summed E-state index contributed by atoms with van der Waals surface area (Å²) in [4.78, 5) is 0. The fourth-order valence-electron chi connectivity index (χ4n) is 0.885. The Hall–Kier alpha value is -1.40. The first-order valence-corrected chi connectivity index (χ1v) is 3.52. The minimum Gasteiger partial charge on any atom is -0.375 e. The van der Waals surface area contributed by atoms with Crippen LogP contribution in [0.25, 0.3) is 0 Å². The molecule has 0 aliphatic carbocycles. The van der Waals surface area contributed by atoms with E-state index in [1.165, 1.54) is 18.2 Å². The van der Waals surface area contributed by atoms with E-state index in [1.54, 1.807) is 18.2 Å². The summed E-state index contributed by atoms with van der Waals surface area (Å²) in [6.45, 7) is 0. The molecular weight excluding hydrogens is 157 g/mol. The van der Waals surface area contributed by atoms with E-state index >= 15 is 0 Å². The number of alkyl halides is 1. The molecule has 0 heterocycles. The minimum atomic E-state index is -1.61. The third-order valence-electron chi connectivity index (χ3n) is 1.53. The predicted octanol–water partition coefficient (Wildman–Crippen LogP) is 1.58. The molecular formula is C9H8FNO. The topological polar surface area (TPSA) is 44.0 Å². The van der Waals surface area contributed by atoms with Crippen molar-refractivity contribution in [2.24, 2.45) is 0 Å². The van der Waals surface area contributed by atoms with Crippen LogP contribution in [0.15, 0.2) is 30.3 Å². The lowest BCUT2D eigenvalue weighted by molar-refractivity contribution is 0.122. The molecule has 0 fully saturated rings. The Kier molecular flexibility index (Phi) is 2.78. The van der Waals surface area contributed by atoms with Crippen LogP contribution in [0.4, 0.5) is 4.39 Å². The van der Waals surface area contributed by atoms with Crippen molar-refractivity contribution in [1.82, 2.24) is 0 Å². The summed E-state index contributed by atoms with van der Waals surface area (Å²) in [5, 5.41) is 17.1. The van der Waals surface area contributed by atoms with Gasteiger partial charge in [-0.25, -0.2) is 4.39 Å². The lowest BCUT2D eigenvalue weighted by atomic mass is 10.1. The fraction of sp³-hybridized carbons (Fsp3) is 0.222. The van der Waals surface area contributed by atoms with Gasteiger partial charge in [0, 0.05) is 0 Å². The first kappa shape index (κ1) is 8.69. The predicted molar refractivity (Wildman–Crippen MR) is 41.9 cm³/mol. The molecule has 1 aromatic carbocycles. The molecule has 1 rings (SSSR count). The lowest BCUT2D eigenvalue weighted by Gasteiger charge is -2.08. The summed E-state index contributed by atoms with van der Waals surface area (Å²) in [6.07, 6.45) is -3.19. The highest BCUT2D eigenvalue weighted by Crippen LogP contribution is 2.20. The van der Waals surface area contributed by atoms with Gasteiger partial charge in [-0.1, -0.05) is 30.3 Å². The van der Waals surface area contributed by atoms with Gasteiger partial charge in [0.1, 0.15) is 0 Å². The largest absolute Gasteiger partial charge is 0.375 e. The second-order valence-corrected chi connectivity index (χ2v) is 2.39. The number of halogens is 1. The van der Waals surface area contributed by atoms with Gasteiger partial charge in [-0.15, -0.1) is 0 Å². The summed E-state index contributed by atoms with van der Waals surface area (Å²) >= 11 is 0. The quantitative estimate of drug-likeness (QED) is 0.676. The molecule has 62 valence electrons. The average molecular weight is 165 g/mol. The number of nitrogens with zero attached hydrogens (tertiary/aromatic N) is 1. The zero-order valence-corrected chi connectivity index (χ0v) is 6.31. The number of aliphatic hydroxyl groups excluding tert-OH is 1. The number of rotatable bonds is 2. The van der Waals surface area contributed by atoms with E-state index in [9.17, 15) is 4.39 Å². The Morgan fingerprint density at radius 2 is 1.92 bits per heavy atom. The van der Waals surface area contributed by atoms with Crippen LogP contribution in [-0.2, 0) is 0 Å². The van der Waals surface area contributed by atoms with Crippen LogP contribution in [0.5, 0.6) is 0 Å². The Labute approximate surface area is 69.9 Å². The van der Waals surface area contributed by atoms with Crippen molar-refractivity contribution in [3.05, 3.63) is 35.9 Å². The Morgan fingerprint density at radius 1 is 1.33 bits per heavy atom. The van der Waals surface area contributed by atoms with Gasteiger partial charge in [0.05, 0.1) is 6.07 Å². The van der Waals surface area contributed by atoms with Crippen LogP contribution in [0.2, 0.25) is 0 Å². The van der Waals surface area contributed by atoms with Crippen molar-refractivity contribution in [3.63, 3.8) is 0 Å². The van der Waals surface area contributed by atoms with Crippen LogP contribution in [-0.4, -0.2) is 11.2 Å². The molecule has 0 amide bonds. The number of benzene rings is 1. The minimum absolute atomic E-state index is 0.326. The number of hydrogen-bond donors (Lipinski definition) is 1. The molecule has 12 heavy (non-hydrogen) atoms. The third kappa shape index (κ3) is 1.80. The molecule has 3 heteroatoms. The first-order valence-electron chi connectivity index (χ1n) is 3.52. The van der Waals surface area contributed by atoms with Gasteiger partial charge in [0.25, 0.3) is 0 Å². The van der Waals surface area contributed by atoms with E-state index in [1.807, 2.05) is 0 Å². The fourth-order valence-corrected chi connectivity index (χ4v) is 0.885. The molecule has 0 aliphatic heterocycles. The maximum atomic E-state index is 13.1. The molecule has 0 saturated heterocycles.